The van der Waals surface area contributed by atoms with Gasteiger partial charge in [-0.3, -0.25) is 0 Å². The number of carbonyl (C=O) groups is 2. The van der Waals surface area contributed by atoms with Crippen molar-refractivity contribution in [1.82, 2.24) is 0 Å². The zero-order chi connectivity index (χ0) is 29.0. The molecule has 0 amide bonds. The molecule has 0 saturated heterocycles. The molecule has 0 spiro atoms. The monoisotopic (exact) mass is 552 g/mol. The van der Waals surface area contributed by atoms with Gasteiger partial charge in [0.2, 0.25) is 12.6 Å². The van der Waals surface area contributed by atoms with Crippen LogP contribution in [0.25, 0.3) is 0 Å². The van der Waals surface area contributed by atoms with Crippen LogP contribution in [0.15, 0.2) is 24.3 Å². The van der Waals surface area contributed by atoms with Crippen molar-refractivity contribution in [2.24, 2.45) is 17.3 Å². The molecule has 2 saturated carbocycles. The fourth-order valence-corrected chi connectivity index (χ4v) is 5.75. The summed E-state index contributed by atoms with van der Waals surface area (Å²) in [5.74, 6) is 0.381. The molecule has 224 valence electrons. The average Bonchev–Trinajstić information content (AvgIpc) is 2.90. The second kappa shape index (κ2) is 16.5. The first-order valence-corrected chi connectivity index (χ1v) is 14.7. The van der Waals surface area contributed by atoms with Crippen LogP contribution in [0.3, 0.4) is 0 Å². The standard InChI is InChI=1S/C31H52O8/c1-9-34-27(38-29(32)21(3)4)19-36-25-15-11-23(12-16-25)31(7,8)24-13-17-26(18-14-24)37-20-28(35-10-2)39-30(33)22(5)6/h23-28H,3,5,9-20H2,1-2,4,6-8H3. The van der Waals surface area contributed by atoms with Gasteiger partial charge in [0.15, 0.2) is 0 Å². The van der Waals surface area contributed by atoms with Crippen molar-refractivity contribution in [3.8, 4) is 0 Å². The van der Waals surface area contributed by atoms with Gasteiger partial charge in [-0.15, -0.1) is 0 Å². The van der Waals surface area contributed by atoms with Crippen LogP contribution in [0.4, 0.5) is 0 Å². The van der Waals surface area contributed by atoms with Crippen molar-refractivity contribution in [3.05, 3.63) is 24.3 Å². The molecule has 2 unspecified atom stereocenters. The Hall–Kier alpha value is -1.74. The summed E-state index contributed by atoms with van der Waals surface area (Å²) >= 11 is 0. The minimum Gasteiger partial charge on any atom is -0.430 e. The third kappa shape index (κ3) is 11.0. The molecule has 2 atom stereocenters. The first-order valence-electron chi connectivity index (χ1n) is 14.7. The molecule has 39 heavy (non-hydrogen) atoms. The zero-order valence-electron chi connectivity index (χ0n) is 25.1. The Kier molecular flexibility index (Phi) is 14.2. The van der Waals surface area contributed by atoms with E-state index in [1.54, 1.807) is 13.8 Å². The molecule has 2 rings (SSSR count). The summed E-state index contributed by atoms with van der Waals surface area (Å²) in [7, 11) is 0. The summed E-state index contributed by atoms with van der Waals surface area (Å²) in [5.41, 5.74) is 0.940. The van der Waals surface area contributed by atoms with Crippen molar-refractivity contribution in [3.63, 3.8) is 0 Å². The predicted octanol–water partition coefficient (Wildman–Crippen LogP) is 6.13. The van der Waals surface area contributed by atoms with Gasteiger partial charge in [-0.1, -0.05) is 27.0 Å². The first kappa shape index (κ1) is 33.5. The van der Waals surface area contributed by atoms with E-state index in [1.807, 2.05) is 13.8 Å². The van der Waals surface area contributed by atoms with E-state index in [0.29, 0.717) is 36.2 Å². The molecule has 0 aliphatic heterocycles. The van der Waals surface area contributed by atoms with Crippen LogP contribution in [0, 0.1) is 17.3 Å². The van der Waals surface area contributed by atoms with E-state index < -0.39 is 24.5 Å². The predicted molar refractivity (Wildman–Crippen MR) is 150 cm³/mol. The summed E-state index contributed by atoms with van der Waals surface area (Å²) < 4.78 is 34.0. The SMILES string of the molecule is C=C(C)C(=O)OC(COC1CCC(C(C)(C)C2CCC(OCC(OCC)OC(=O)C(=C)C)CC2)CC1)OCC. The van der Waals surface area contributed by atoms with E-state index in [-0.39, 0.29) is 30.8 Å². The van der Waals surface area contributed by atoms with Gasteiger partial charge >= 0.3 is 11.9 Å². The minimum absolute atomic E-state index is 0.157. The van der Waals surface area contributed by atoms with Crippen LogP contribution in [-0.4, -0.2) is 63.2 Å². The molecule has 2 aliphatic carbocycles. The van der Waals surface area contributed by atoms with Gasteiger partial charge in [0.25, 0.3) is 0 Å². The second-order valence-corrected chi connectivity index (χ2v) is 11.6. The lowest BCUT2D eigenvalue weighted by Crippen LogP contribution is -2.40. The van der Waals surface area contributed by atoms with Crippen LogP contribution in [-0.2, 0) is 38.0 Å². The van der Waals surface area contributed by atoms with Crippen molar-refractivity contribution < 1.29 is 38.0 Å². The zero-order valence-corrected chi connectivity index (χ0v) is 25.1. The van der Waals surface area contributed by atoms with Gasteiger partial charge in [-0.05, 0) is 96.3 Å². The molecule has 0 bridgehead atoms. The van der Waals surface area contributed by atoms with Gasteiger partial charge < -0.3 is 28.4 Å². The van der Waals surface area contributed by atoms with Crippen molar-refractivity contribution in [1.29, 1.82) is 0 Å². The molecule has 0 aromatic rings. The van der Waals surface area contributed by atoms with E-state index in [1.165, 1.54) is 0 Å². The Morgan fingerprint density at radius 1 is 0.692 bits per heavy atom. The summed E-state index contributed by atoms with van der Waals surface area (Å²) in [6.45, 7) is 20.5. The molecule has 8 nitrogen and oxygen atoms in total. The topological polar surface area (TPSA) is 89.5 Å². The van der Waals surface area contributed by atoms with E-state index in [9.17, 15) is 9.59 Å². The molecule has 0 radical (unpaired) electrons. The average molecular weight is 553 g/mol. The van der Waals surface area contributed by atoms with E-state index in [2.05, 4.69) is 27.0 Å². The Bertz CT molecular complexity index is 726. The maximum absolute atomic E-state index is 11.9. The Morgan fingerprint density at radius 2 is 1.03 bits per heavy atom. The molecule has 2 aliphatic rings. The van der Waals surface area contributed by atoms with Gasteiger partial charge in [-0.25, -0.2) is 9.59 Å². The van der Waals surface area contributed by atoms with Crippen LogP contribution in [0.2, 0.25) is 0 Å². The number of ether oxygens (including phenoxy) is 6. The fourth-order valence-electron chi connectivity index (χ4n) is 5.75. The highest BCUT2D eigenvalue weighted by atomic mass is 16.7. The number of rotatable bonds is 16. The second-order valence-electron chi connectivity index (χ2n) is 11.6. The third-order valence-electron chi connectivity index (χ3n) is 8.27. The molecule has 2 fully saturated rings. The van der Waals surface area contributed by atoms with Crippen LogP contribution >= 0.6 is 0 Å². The van der Waals surface area contributed by atoms with E-state index >= 15 is 0 Å². The van der Waals surface area contributed by atoms with Crippen molar-refractivity contribution in [2.75, 3.05) is 26.4 Å². The quantitative estimate of drug-likeness (QED) is 0.128. The molecule has 0 aromatic heterocycles. The Labute approximate surface area is 235 Å². The van der Waals surface area contributed by atoms with Crippen LogP contribution in [0.5, 0.6) is 0 Å². The lowest BCUT2D eigenvalue weighted by atomic mass is 9.60. The van der Waals surface area contributed by atoms with Crippen LogP contribution < -0.4 is 0 Å². The molecule has 0 aromatic carbocycles. The highest BCUT2D eigenvalue weighted by Crippen LogP contribution is 2.48. The lowest BCUT2D eigenvalue weighted by molar-refractivity contribution is -0.192. The summed E-state index contributed by atoms with van der Waals surface area (Å²) in [6, 6.07) is 0. The number of esters is 2. The number of carbonyl (C=O) groups excluding carboxylic acids is 2. The largest absolute Gasteiger partial charge is 0.430 e. The molecular formula is C31H52O8. The maximum Gasteiger partial charge on any atom is 0.335 e. The van der Waals surface area contributed by atoms with Crippen molar-refractivity contribution >= 4 is 11.9 Å². The summed E-state index contributed by atoms with van der Waals surface area (Å²) in [4.78, 5) is 23.7. The smallest absolute Gasteiger partial charge is 0.335 e. The Morgan fingerprint density at radius 3 is 1.31 bits per heavy atom. The van der Waals surface area contributed by atoms with E-state index in [4.69, 9.17) is 28.4 Å². The van der Waals surface area contributed by atoms with E-state index in [0.717, 1.165) is 51.4 Å². The third-order valence-corrected chi connectivity index (χ3v) is 8.27. The lowest BCUT2D eigenvalue weighted by Gasteiger charge is -2.46. The van der Waals surface area contributed by atoms with Gasteiger partial charge in [0.05, 0.1) is 12.2 Å². The highest BCUT2D eigenvalue weighted by Gasteiger charge is 2.41. The summed E-state index contributed by atoms with van der Waals surface area (Å²) in [5, 5.41) is 0. The highest BCUT2D eigenvalue weighted by molar-refractivity contribution is 5.87. The fraction of sp³-hybridized carbons (Fsp3) is 0.806. The minimum atomic E-state index is -0.701. The first-order chi connectivity index (χ1) is 18.5. The normalized spacial score (nSPS) is 25.4. The van der Waals surface area contributed by atoms with Crippen molar-refractivity contribution in [2.45, 2.75) is 118 Å². The maximum atomic E-state index is 11.9. The molecule has 8 heteroatoms. The molecule has 0 heterocycles. The van der Waals surface area contributed by atoms with Gasteiger partial charge in [-0.2, -0.15) is 0 Å². The summed E-state index contributed by atoms with van der Waals surface area (Å²) in [6.07, 6.45) is 7.43. The Balaban J connectivity index is 1.76. The number of hydrogen-bond donors (Lipinski definition) is 0. The molecule has 0 N–H and O–H groups in total. The number of hydrogen-bond acceptors (Lipinski definition) is 8. The van der Waals surface area contributed by atoms with Gasteiger partial charge in [0, 0.05) is 24.4 Å². The van der Waals surface area contributed by atoms with Crippen LogP contribution in [0.1, 0.15) is 92.9 Å². The molecular weight excluding hydrogens is 500 g/mol. The van der Waals surface area contributed by atoms with Gasteiger partial charge in [0.1, 0.15) is 13.2 Å².